The Bertz CT molecular complexity index is 865. The lowest BCUT2D eigenvalue weighted by Crippen LogP contribution is -2.15. The Kier molecular flexibility index (Phi) is 4.42. The van der Waals surface area contributed by atoms with Crippen LogP contribution in [0.5, 0.6) is 0 Å². The smallest absolute Gasteiger partial charge is 0.260 e. The number of nitrogens with zero attached hydrogens (tertiary/aromatic N) is 3. The third-order valence-electron chi connectivity index (χ3n) is 3.88. The highest BCUT2D eigenvalue weighted by molar-refractivity contribution is 6.04. The number of aromatic nitrogens is 3. The Balaban J connectivity index is 1.91. The fourth-order valence-corrected chi connectivity index (χ4v) is 2.60. The molecule has 122 valence electrons. The number of carbonyl (C=O) groups is 1. The van der Waals surface area contributed by atoms with Gasteiger partial charge < -0.3 is 5.32 Å². The molecule has 2 aromatic heterocycles. The molecule has 0 saturated carbocycles. The van der Waals surface area contributed by atoms with Gasteiger partial charge in [-0.3, -0.25) is 4.79 Å². The molecule has 3 rings (SSSR count). The Morgan fingerprint density at radius 1 is 1.12 bits per heavy atom. The normalized spacial score (nSPS) is 10.6. The topological polar surface area (TPSA) is 59.8 Å². The first-order valence-electron chi connectivity index (χ1n) is 7.96. The van der Waals surface area contributed by atoms with Crippen LogP contribution in [0, 0.1) is 13.8 Å². The SMILES string of the molecule is CCc1c(C(=O)Nc2cc(C)ccn2)cnn1-c1ccc(C)cc1. The molecule has 0 unspecified atom stereocenters. The molecule has 0 spiro atoms. The minimum atomic E-state index is -0.191. The summed E-state index contributed by atoms with van der Waals surface area (Å²) in [4.78, 5) is 16.8. The summed E-state index contributed by atoms with van der Waals surface area (Å²) in [6.45, 7) is 6.02. The average Bonchev–Trinajstić information content (AvgIpc) is 2.99. The van der Waals surface area contributed by atoms with E-state index in [1.54, 1.807) is 12.4 Å². The highest BCUT2D eigenvalue weighted by Gasteiger charge is 2.17. The van der Waals surface area contributed by atoms with Crippen LogP contribution in [0.15, 0.2) is 48.8 Å². The third-order valence-corrected chi connectivity index (χ3v) is 3.88. The van der Waals surface area contributed by atoms with Gasteiger partial charge in [-0.15, -0.1) is 0 Å². The standard InChI is InChI=1S/C19H20N4O/c1-4-17-16(19(24)22-18-11-14(3)9-10-20-18)12-21-23(17)15-7-5-13(2)6-8-15/h5-12H,4H2,1-3H3,(H,20,22,24). The van der Waals surface area contributed by atoms with Crippen molar-refractivity contribution in [2.75, 3.05) is 5.32 Å². The van der Waals surface area contributed by atoms with Crippen LogP contribution in [0.3, 0.4) is 0 Å². The number of nitrogens with one attached hydrogen (secondary N) is 1. The molecule has 24 heavy (non-hydrogen) atoms. The first-order valence-corrected chi connectivity index (χ1v) is 7.96. The van der Waals surface area contributed by atoms with Crippen molar-refractivity contribution in [2.24, 2.45) is 0 Å². The summed E-state index contributed by atoms with van der Waals surface area (Å²) in [5.74, 6) is 0.355. The van der Waals surface area contributed by atoms with Crippen LogP contribution in [-0.2, 0) is 6.42 Å². The number of rotatable bonds is 4. The van der Waals surface area contributed by atoms with Crippen LogP contribution in [0.25, 0.3) is 5.69 Å². The summed E-state index contributed by atoms with van der Waals surface area (Å²) in [7, 11) is 0. The minimum absolute atomic E-state index is 0.191. The van der Waals surface area contributed by atoms with Gasteiger partial charge in [0, 0.05) is 6.20 Å². The molecule has 0 aliphatic heterocycles. The van der Waals surface area contributed by atoms with Crippen molar-refractivity contribution in [1.29, 1.82) is 0 Å². The summed E-state index contributed by atoms with van der Waals surface area (Å²) in [6.07, 6.45) is 4.00. The Morgan fingerprint density at radius 2 is 1.88 bits per heavy atom. The first-order chi connectivity index (χ1) is 11.6. The molecule has 2 heterocycles. The van der Waals surface area contributed by atoms with E-state index in [-0.39, 0.29) is 5.91 Å². The minimum Gasteiger partial charge on any atom is -0.306 e. The number of carbonyl (C=O) groups excluding carboxylic acids is 1. The summed E-state index contributed by atoms with van der Waals surface area (Å²) < 4.78 is 1.82. The molecule has 0 radical (unpaired) electrons. The maximum atomic E-state index is 12.6. The quantitative estimate of drug-likeness (QED) is 0.797. The van der Waals surface area contributed by atoms with Crippen molar-refractivity contribution in [3.63, 3.8) is 0 Å². The van der Waals surface area contributed by atoms with Crippen LogP contribution >= 0.6 is 0 Å². The number of hydrogen-bond donors (Lipinski definition) is 1. The van der Waals surface area contributed by atoms with Crippen LogP contribution in [0.2, 0.25) is 0 Å². The van der Waals surface area contributed by atoms with Gasteiger partial charge in [0.25, 0.3) is 5.91 Å². The second kappa shape index (κ2) is 6.66. The molecule has 0 saturated heterocycles. The largest absolute Gasteiger partial charge is 0.306 e. The van der Waals surface area contributed by atoms with Gasteiger partial charge in [0.15, 0.2) is 0 Å². The molecule has 1 aromatic carbocycles. The zero-order chi connectivity index (χ0) is 17.1. The van der Waals surface area contributed by atoms with Gasteiger partial charge in [0.05, 0.1) is 23.1 Å². The predicted molar refractivity (Wildman–Crippen MR) is 94.6 cm³/mol. The molecule has 3 aromatic rings. The van der Waals surface area contributed by atoms with Gasteiger partial charge in [-0.2, -0.15) is 5.10 Å². The maximum absolute atomic E-state index is 12.6. The fourth-order valence-electron chi connectivity index (χ4n) is 2.60. The number of aryl methyl sites for hydroxylation is 2. The van der Waals surface area contributed by atoms with Gasteiger partial charge in [-0.25, -0.2) is 9.67 Å². The van der Waals surface area contributed by atoms with E-state index < -0.39 is 0 Å². The summed E-state index contributed by atoms with van der Waals surface area (Å²) in [5, 5.41) is 7.25. The maximum Gasteiger partial charge on any atom is 0.260 e. The van der Waals surface area contributed by atoms with E-state index in [1.165, 1.54) is 5.56 Å². The monoisotopic (exact) mass is 320 g/mol. The lowest BCUT2D eigenvalue weighted by Gasteiger charge is -2.09. The van der Waals surface area contributed by atoms with Crippen LogP contribution in [-0.4, -0.2) is 20.7 Å². The average molecular weight is 320 g/mol. The van der Waals surface area contributed by atoms with Gasteiger partial charge in [0.1, 0.15) is 5.82 Å². The van der Waals surface area contributed by atoms with E-state index in [0.29, 0.717) is 17.8 Å². The van der Waals surface area contributed by atoms with Crippen molar-refractivity contribution in [1.82, 2.24) is 14.8 Å². The number of benzene rings is 1. The summed E-state index contributed by atoms with van der Waals surface area (Å²) in [5.41, 5.74) is 4.63. The van der Waals surface area contributed by atoms with E-state index in [1.807, 2.05) is 61.9 Å². The molecule has 5 nitrogen and oxygen atoms in total. The fraction of sp³-hybridized carbons (Fsp3) is 0.211. The predicted octanol–water partition coefficient (Wildman–Crippen LogP) is 3.70. The molecular formula is C19H20N4O. The van der Waals surface area contributed by atoms with Crippen LogP contribution in [0.1, 0.15) is 34.1 Å². The molecule has 0 aliphatic carbocycles. The third kappa shape index (κ3) is 3.20. The summed E-state index contributed by atoms with van der Waals surface area (Å²) in [6, 6.07) is 11.8. The van der Waals surface area contributed by atoms with Crippen LogP contribution < -0.4 is 5.32 Å². The van der Waals surface area contributed by atoms with E-state index in [0.717, 1.165) is 16.9 Å². The number of pyridine rings is 1. The zero-order valence-corrected chi connectivity index (χ0v) is 14.1. The lowest BCUT2D eigenvalue weighted by atomic mass is 10.1. The Hall–Kier alpha value is -2.95. The highest BCUT2D eigenvalue weighted by atomic mass is 16.1. The van der Waals surface area contributed by atoms with E-state index >= 15 is 0 Å². The molecular weight excluding hydrogens is 300 g/mol. The van der Waals surface area contributed by atoms with Crippen molar-refractivity contribution < 1.29 is 4.79 Å². The number of amides is 1. The van der Waals surface area contributed by atoms with Gasteiger partial charge in [-0.1, -0.05) is 24.6 Å². The molecule has 1 N–H and O–H groups in total. The molecule has 0 atom stereocenters. The second-order valence-corrected chi connectivity index (χ2v) is 5.78. The van der Waals surface area contributed by atoms with Gasteiger partial charge >= 0.3 is 0 Å². The van der Waals surface area contributed by atoms with E-state index in [4.69, 9.17) is 0 Å². The first kappa shape index (κ1) is 15.9. The molecule has 0 fully saturated rings. The number of anilines is 1. The highest BCUT2D eigenvalue weighted by Crippen LogP contribution is 2.18. The second-order valence-electron chi connectivity index (χ2n) is 5.78. The molecule has 5 heteroatoms. The molecule has 0 aliphatic rings. The van der Waals surface area contributed by atoms with Crippen molar-refractivity contribution in [2.45, 2.75) is 27.2 Å². The summed E-state index contributed by atoms with van der Waals surface area (Å²) >= 11 is 0. The van der Waals surface area contributed by atoms with Crippen LogP contribution in [0.4, 0.5) is 5.82 Å². The zero-order valence-electron chi connectivity index (χ0n) is 14.1. The number of hydrogen-bond acceptors (Lipinski definition) is 3. The Morgan fingerprint density at radius 3 is 2.54 bits per heavy atom. The van der Waals surface area contributed by atoms with Gasteiger partial charge in [-0.05, 0) is 50.1 Å². The van der Waals surface area contributed by atoms with E-state index in [2.05, 4.69) is 15.4 Å². The van der Waals surface area contributed by atoms with Crippen molar-refractivity contribution >= 4 is 11.7 Å². The molecule has 1 amide bonds. The van der Waals surface area contributed by atoms with Gasteiger partial charge in [0.2, 0.25) is 0 Å². The molecule has 0 bridgehead atoms. The van der Waals surface area contributed by atoms with Crippen molar-refractivity contribution in [3.05, 3.63) is 71.2 Å². The lowest BCUT2D eigenvalue weighted by molar-refractivity contribution is 0.102. The Labute approximate surface area is 141 Å². The van der Waals surface area contributed by atoms with Crippen molar-refractivity contribution in [3.8, 4) is 5.69 Å². The van der Waals surface area contributed by atoms with E-state index in [9.17, 15) is 4.79 Å².